The van der Waals surface area contributed by atoms with Crippen molar-refractivity contribution in [3.63, 3.8) is 0 Å². The molecule has 0 aliphatic rings. The third kappa shape index (κ3) is 5.31. The molecule has 0 radical (unpaired) electrons. The first-order chi connectivity index (χ1) is 6.95. The second-order valence-corrected chi connectivity index (χ2v) is 5.25. The van der Waals surface area contributed by atoms with Gasteiger partial charge in [-0.3, -0.25) is 4.79 Å². The molecule has 1 amide bonds. The van der Waals surface area contributed by atoms with E-state index >= 15 is 0 Å². The number of hydrogen-bond acceptors (Lipinski definition) is 3. The minimum atomic E-state index is -4.49. The Kier molecular flexibility index (Phi) is 4.74. The lowest BCUT2D eigenvalue weighted by atomic mass is 10.3. The van der Waals surface area contributed by atoms with E-state index in [0.29, 0.717) is 4.31 Å². The van der Waals surface area contributed by atoms with E-state index in [1.807, 2.05) is 0 Å². The number of hydrogen-bond donors (Lipinski definition) is 1. The predicted molar refractivity (Wildman–Crippen MR) is 50.9 cm³/mol. The maximum absolute atomic E-state index is 11.9. The molecule has 16 heavy (non-hydrogen) atoms. The van der Waals surface area contributed by atoms with Gasteiger partial charge >= 0.3 is 6.18 Å². The number of primary amides is 1. The van der Waals surface area contributed by atoms with E-state index in [0.717, 1.165) is 13.2 Å². The molecule has 0 rings (SSSR count). The molecule has 5 nitrogen and oxygen atoms in total. The molecule has 1 unspecified atom stereocenters. The van der Waals surface area contributed by atoms with Crippen LogP contribution in [-0.2, 0) is 14.8 Å². The van der Waals surface area contributed by atoms with Crippen molar-refractivity contribution in [2.24, 2.45) is 5.73 Å². The summed E-state index contributed by atoms with van der Waals surface area (Å²) < 4.78 is 58.5. The minimum absolute atomic E-state index is 0.433. The minimum Gasteiger partial charge on any atom is -0.368 e. The molecule has 1 atom stereocenters. The van der Waals surface area contributed by atoms with Gasteiger partial charge in [-0.1, -0.05) is 0 Å². The Morgan fingerprint density at radius 1 is 1.44 bits per heavy atom. The van der Waals surface area contributed by atoms with E-state index in [9.17, 15) is 26.4 Å². The summed E-state index contributed by atoms with van der Waals surface area (Å²) in [6, 6.07) is -1.29. The van der Waals surface area contributed by atoms with E-state index in [1.165, 1.54) is 0 Å². The summed E-state index contributed by atoms with van der Waals surface area (Å²) in [5.74, 6) is -0.993. The SMILES string of the molecule is CC(C(N)=O)N(CCC(F)(F)F)S(C)(=O)=O. The van der Waals surface area contributed by atoms with Crippen molar-refractivity contribution >= 4 is 15.9 Å². The second kappa shape index (κ2) is 5.00. The van der Waals surface area contributed by atoms with Gasteiger partial charge in [0.05, 0.1) is 12.7 Å². The smallest absolute Gasteiger partial charge is 0.368 e. The summed E-state index contributed by atoms with van der Waals surface area (Å²) in [7, 11) is -3.90. The number of carbonyl (C=O) groups excluding carboxylic acids is 1. The highest BCUT2D eigenvalue weighted by Crippen LogP contribution is 2.21. The van der Waals surface area contributed by atoms with Crippen molar-refractivity contribution in [3.05, 3.63) is 0 Å². The van der Waals surface area contributed by atoms with Gasteiger partial charge in [0.15, 0.2) is 0 Å². The van der Waals surface area contributed by atoms with Crippen molar-refractivity contribution in [1.29, 1.82) is 0 Å². The first-order valence-electron chi connectivity index (χ1n) is 4.28. The molecule has 0 bridgehead atoms. The molecular weight excluding hydrogens is 249 g/mol. The van der Waals surface area contributed by atoms with Gasteiger partial charge in [-0.2, -0.15) is 17.5 Å². The molecule has 0 aromatic heterocycles. The Bertz CT molecular complexity index is 352. The first kappa shape index (κ1) is 15.2. The third-order valence-electron chi connectivity index (χ3n) is 1.89. The largest absolute Gasteiger partial charge is 0.390 e. The first-order valence-corrected chi connectivity index (χ1v) is 6.13. The average Bonchev–Trinajstić information content (AvgIpc) is 1.98. The third-order valence-corrected chi connectivity index (χ3v) is 3.24. The van der Waals surface area contributed by atoms with Crippen molar-refractivity contribution in [2.75, 3.05) is 12.8 Å². The summed E-state index contributed by atoms with van der Waals surface area (Å²) >= 11 is 0. The fourth-order valence-corrected chi connectivity index (χ4v) is 2.13. The van der Waals surface area contributed by atoms with Gasteiger partial charge in [0.2, 0.25) is 15.9 Å². The lowest BCUT2D eigenvalue weighted by Gasteiger charge is -2.24. The van der Waals surface area contributed by atoms with E-state index < -0.39 is 41.1 Å². The molecule has 9 heteroatoms. The summed E-state index contributed by atoms with van der Waals surface area (Å²) in [5.41, 5.74) is 4.85. The normalized spacial score (nSPS) is 15.1. The number of alkyl halides is 3. The van der Waals surface area contributed by atoms with Crippen LogP contribution < -0.4 is 5.73 Å². The summed E-state index contributed by atoms with van der Waals surface area (Å²) in [5, 5.41) is 0. The molecule has 0 fully saturated rings. The molecule has 0 aromatic rings. The van der Waals surface area contributed by atoms with Crippen molar-refractivity contribution in [2.45, 2.75) is 25.6 Å². The Labute approximate surface area is 91.4 Å². The van der Waals surface area contributed by atoms with Crippen molar-refractivity contribution in [3.8, 4) is 0 Å². The van der Waals surface area contributed by atoms with E-state index in [1.54, 1.807) is 0 Å². The van der Waals surface area contributed by atoms with Crippen LogP contribution in [0.1, 0.15) is 13.3 Å². The van der Waals surface area contributed by atoms with E-state index in [2.05, 4.69) is 0 Å². The standard InChI is InChI=1S/C7H13F3N2O3S/c1-5(6(11)13)12(16(2,14)15)4-3-7(8,9)10/h5H,3-4H2,1-2H3,(H2,11,13). The average molecular weight is 262 g/mol. The molecule has 0 saturated heterocycles. The molecule has 0 aliphatic carbocycles. The topological polar surface area (TPSA) is 80.5 Å². The number of rotatable bonds is 5. The molecular formula is C7H13F3N2O3S. The van der Waals surface area contributed by atoms with Crippen molar-refractivity contribution in [1.82, 2.24) is 4.31 Å². The fraction of sp³-hybridized carbons (Fsp3) is 0.857. The number of carbonyl (C=O) groups is 1. The molecule has 0 saturated carbocycles. The number of amides is 1. The summed E-state index contributed by atoms with van der Waals surface area (Å²) in [4.78, 5) is 10.7. The number of halogens is 3. The predicted octanol–water partition coefficient (Wildman–Crippen LogP) is 0.0742. The molecule has 0 heterocycles. The zero-order valence-corrected chi connectivity index (χ0v) is 9.60. The van der Waals surface area contributed by atoms with Crippen LogP contribution in [0.3, 0.4) is 0 Å². The fourth-order valence-electron chi connectivity index (χ4n) is 1.03. The Morgan fingerprint density at radius 3 is 2.12 bits per heavy atom. The highest BCUT2D eigenvalue weighted by atomic mass is 32.2. The monoisotopic (exact) mass is 262 g/mol. The molecule has 96 valence electrons. The zero-order valence-electron chi connectivity index (χ0n) is 8.78. The lowest BCUT2D eigenvalue weighted by Crippen LogP contribution is -2.46. The van der Waals surface area contributed by atoms with Gasteiger partial charge in [0.25, 0.3) is 0 Å². The maximum atomic E-state index is 11.9. The molecule has 2 N–H and O–H groups in total. The number of nitrogens with zero attached hydrogens (tertiary/aromatic N) is 1. The highest BCUT2D eigenvalue weighted by Gasteiger charge is 2.33. The van der Waals surface area contributed by atoms with E-state index in [4.69, 9.17) is 5.73 Å². The number of sulfonamides is 1. The van der Waals surface area contributed by atoms with Crippen LogP contribution in [0.5, 0.6) is 0 Å². The Morgan fingerprint density at radius 2 is 1.88 bits per heavy atom. The molecule has 0 aromatic carbocycles. The second-order valence-electron chi connectivity index (χ2n) is 3.32. The van der Waals surface area contributed by atoms with Crippen LogP contribution in [0.25, 0.3) is 0 Å². The maximum Gasteiger partial charge on any atom is 0.390 e. The molecule has 0 aliphatic heterocycles. The quantitative estimate of drug-likeness (QED) is 0.761. The van der Waals surface area contributed by atoms with Crippen LogP contribution in [0.4, 0.5) is 13.2 Å². The van der Waals surface area contributed by atoms with E-state index in [-0.39, 0.29) is 0 Å². The lowest BCUT2D eigenvalue weighted by molar-refractivity contribution is -0.138. The summed E-state index contributed by atoms with van der Waals surface area (Å²) in [6.45, 7) is 0.326. The summed E-state index contributed by atoms with van der Waals surface area (Å²) in [6.07, 6.45) is -5.08. The zero-order chi connectivity index (χ0) is 13.1. The van der Waals surface area contributed by atoms with Gasteiger partial charge in [0.1, 0.15) is 6.04 Å². The Hall–Kier alpha value is -0.830. The van der Waals surface area contributed by atoms with Gasteiger partial charge in [-0.25, -0.2) is 8.42 Å². The van der Waals surface area contributed by atoms with Crippen LogP contribution >= 0.6 is 0 Å². The van der Waals surface area contributed by atoms with Crippen molar-refractivity contribution < 1.29 is 26.4 Å². The van der Waals surface area contributed by atoms with Gasteiger partial charge in [-0.05, 0) is 6.92 Å². The van der Waals surface area contributed by atoms with Crippen LogP contribution in [0.2, 0.25) is 0 Å². The van der Waals surface area contributed by atoms with Crippen LogP contribution in [0.15, 0.2) is 0 Å². The van der Waals surface area contributed by atoms with Crippen LogP contribution in [0, 0.1) is 0 Å². The van der Waals surface area contributed by atoms with Gasteiger partial charge < -0.3 is 5.73 Å². The molecule has 0 spiro atoms. The van der Waals surface area contributed by atoms with Gasteiger partial charge in [0, 0.05) is 6.54 Å². The highest BCUT2D eigenvalue weighted by molar-refractivity contribution is 7.88. The Balaban J connectivity index is 4.79. The number of nitrogens with two attached hydrogens (primary N) is 1. The van der Waals surface area contributed by atoms with Crippen LogP contribution in [-0.4, -0.2) is 43.6 Å². The van der Waals surface area contributed by atoms with Gasteiger partial charge in [-0.15, -0.1) is 0 Å².